The number of carbonyl (C=O) groups excluding carboxylic acids is 1. The van der Waals surface area contributed by atoms with Crippen LogP contribution >= 0.6 is 0 Å². The molecule has 2 unspecified atom stereocenters. The Morgan fingerprint density at radius 1 is 1.33 bits per heavy atom. The van der Waals surface area contributed by atoms with Gasteiger partial charge in [-0.3, -0.25) is 9.28 Å². The molecule has 120 valence electrons. The number of likely N-dealkylation sites (N-methyl/N-ethyl adjacent to an activating group) is 1. The molecule has 0 aromatic heterocycles. The smallest absolute Gasteiger partial charge is 0.217 e. The summed E-state index contributed by atoms with van der Waals surface area (Å²) in [5.41, 5.74) is 0. The van der Waals surface area contributed by atoms with Crippen LogP contribution < -0.4 is 10.6 Å². The normalized spacial score (nSPS) is 24.4. The molecule has 0 radical (unpaired) electrons. The summed E-state index contributed by atoms with van der Waals surface area (Å²) in [4.78, 5) is 11.0. The lowest BCUT2D eigenvalue weighted by atomic mass is 10.1. The molecule has 0 bridgehead atoms. The van der Waals surface area contributed by atoms with E-state index >= 15 is 0 Å². The van der Waals surface area contributed by atoms with E-state index in [1.54, 1.807) is 6.92 Å². The number of carbonyl (C=O) groups is 1. The molecular formula is C17H32N3O+. The van der Waals surface area contributed by atoms with Gasteiger partial charge in [0.15, 0.2) is 6.17 Å². The van der Waals surface area contributed by atoms with E-state index in [2.05, 4.69) is 49.0 Å². The summed E-state index contributed by atoms with van der Waals surface area (Å²) in [5.74, 6) is 0.0552. The molecule has 0 fully saturated rings. The van der Waals surface area contributed by atoms with Gasteiger partial charge in [0, 0.05) is 13.3 Å². The van der Waals surface area contributed by atoms with Crippen LogP contribution in [0.15, 0.2) is 24.6 Å². The molecule has 1 heterocycles. The van der Waals surface area contributed by atoms with Gasteiger partial charge in [0.2, 0.25) is 5.91 Å². The molecule has 0 spiro atoms. The molecular weight excluding hydrogens is 262 g/mol. The standard InChI is InChI=1S/C17H31N3O/c1-4-6-7-8-9-10-11-17-19-13-15-20(17,5-2)14-12-18-16(3)21/h6-7,13,15,17,19H,4-5,8-12,14H2,1-3H3/p+1/b7-6+. The van der Waals surface area contributed by atoms with Gasteiger partial charge in [-0.05, 0) is 32.6 Å². The number of unbranched alkanes of at least 4 members (excludes halogenated alkanes) is 2. The van der Waals surface area contributed by atoms with Crippen LogP contribution in [-0.2, 0) is 4.79 Å². The molecule has 0 aromatic rings. The average molecular weight is 294 g/mol. The molecule has 0 aliphatic carbocycles. The van der Waals surface area contributed by atoms with Crippen molar-refractivity contribution in [2.24, 2.45) is 0 Å². The van der Waals surface area contributed by atoms with Gasteiger partial charge in [-0.15, -0.1) is 0 Å². The fourth-order valence-electron chi connectivity index (χ4n) is 2.93. The molecule has 4 nitrogen and oxygen atoms in total. The minimum Gasteiger partial charge on any atom is -0.351 e. The summed E-state index contributed by atoms with van der Waals surface area (Å²) in [6, 6.07) is 0. The fourth-order valence-corrected chi connectivity index (χ4v) is 2.93. The molecule has 0 aromatic carbocycles. The van der Waals surface area contributed by atoms with Gasteiger partial charge in [-0.1, -0.05) is 19.1 Å². The van der Waals surface area contributed by atoms with Crippen LogP contribution in [0.25, 0.3) is 0 Å². The highest BCUT2D eigenvalue weighted by Crippen LogP contribution is 2.22. The van der Waals surface area contributed by atoms with E-state index < -0.39 is 0 Å². The Bertz CT molecular complexity index is 365. The number of hydrogen-bond acceptors (Lipinski definition) is 2. The molecule has 2 atom stereocenters. The average Bonchev–Trinajstić information content (AvgIpc) is 2.86. The molecule has 0 saturated heterocycles. The number of nitrogens with zero attached hydrogens (tertiary/aromatic N) is 1. The van der Waals surface area contributed by atoms with Gasteiger partial charge in [0.1, 0.15) is 12.7 Å². The maximum absolute atomic E-state index is 11.0. The van der Waals surface area contributed by atoms with E-state index in [9.17, 15) is 4.79 Å². The predicted octanol–water partition coefficient (Wildman–Crippen LogP) is 2.89. The number of amides is 1. The minimum absolute atomic E-state index is 0.0552. The van der Waals surface area contributed by atoms with E-state index in [0.29, 0.717) is 6.17 Å². The van der Waals surface area contributed by atoms with Crippen molar-refractivity contribution in [1.29, 1.82) is 0 Å². The summed E-state index contributed by atoms with van der Waals surface area (Å²) >= 11 is 0. The quantitative estimate of drug-likeness (QED) is 0.369. The van der Waals surface area contributed by atoms with Crippen LogP contribution in [0.4, 0.5) is 0 Å². The first-order chi connectivity index (χ1) is 10.1. The monoisotopic (exact) mass is 294 g/mol. The summed E-state index contributed by atoms with van der Waals surface area (Å²) < 4.78 is 0.936. The molecule has 1 aliphatic heterocycles. The molecule has 1 aliphatic rings. The summed E-state index contributed by atoms with van der Waals surface area (Å²) in [6.07, 6.45) is 15.3. The zero-order valence-electron chi connectivity index (χ0n) is 13.9. The topological polar surface area (TPSA) is 41.1 Å². The third kappa shape index (κ3) is 5.92. The second kappa shape index (κ2) is 9.61. The van der Waals surface area contributed by atoms with Gasteiger partial charge in [-0.25, -0.2) is 0 Å². The van der Waals surface area contributed by atoms with Crippen LogP contribution in [0.3, 0.4) is 0 Å². The van der Waals surface area contributed by atoms with Crippen LogP contribution in [0.1, 0.15) is 52.9 Å². The lowest BCUT2D eigenvalue weighted by Gasteiger charge is -2.37. The minimum atomic E-state index is 0.0552. The summed E-state index contributed by atoms with van der Waals surface area (Å²) in [6.45, 7) is 8.74. The third-order valence-corrected chi connectivity index (χ3v) is 4.27. The Kier molecular flexibility index (Phi) is 8.13. The number of hydrogen-bond donors (Lipinski definition) is 2. The van der Waals surface area contributed by atoms with Crippen LogP contribution in [-0.4, -0.2) is 36.2 Å². The molecule has 0 saturated carbocycles. The van der Waals surface area contributed by atoms with Crippen molar-refractivity contribution in [3.8, 4) is 0 Å². The van der Waals surface area contributed by atoms with E-state index in [-0.39, 0.29) is 5.91 Å². The van der Waals surface area contributed by atoms with Crippen molar-refractivity contribution in [1.82, 2.24) is 10.6 Å². The lowest BCUT2D eigenvalue weighted by molar-refractivity contribution is -0.898. The fraction of sp³-hybridized carbons (Fsp3) is 0.706. The first-order valence-electron chi connectivity index (χ1n) is 8.34. The van der Waals surface area contributed by atoms with E-state index in [1.165, 1.54) is 25.7 Å². The van der Waals surface area contributed by atoms with Gasteiger partial charge in [0.05, 0.1) is 19.3 Å². The van der Waals surface area contributed by atoms with Gasteiger partial charge in [0.25, 0.3) is 0 Å². The van der Waals surface area contributed by atoms with Crippen molar-refractivity contribution in [2.45, 2.75) is 59.0 Å². The highest BCUT2D eigenvalue weighted by molar-refractivity contribution is 5.72. The number of nitrogens with one attached hydrogen (secondary N) is 2. The van der Waals surface area contributed by atoms with Gasteiger partial charge in [-0.2, -0.15) is 0 Å². The molecule has 2 N–H and O–H groups in total. The van der Waals surface area contributed by atoms with Crippen molar-refractivity contribution in [3.05, 3.63) is 24.6 Å². The van der Waals surface area contributed by atoms with Crippen molar-refractivity contribution < 1.29 is 9.28 Å². The summed E-state index contributed by atoms with van der Waals surface area (Å²) in [7, 11) is 0. The van der Waals surface area contributed by atoms with Crippen molar-refractivity contribution in [2.75, 3.05) is 19.6 Å². The second-order valence-corrected chi connectivity index (χ2v) is 5.79. The Labute approximate surface area is 129 Å². The van der Waals surface area contributed by atoms with E-state index in [0.717, 1.165) is 30.5 Å². The van der Waals surface area contributed by atoms with Crippen LogP contribution in [0.5, 0.6) is 0 Å². The van der Waals surface area contributed by atoms with Gasteiger partial charge >= 0.3 is 0 Å². The molecule has 21 heavy (non-hydrogen) atoms. The zero-order chi connectivity index (χ0) is 15.6. The number of rotatable bonds is 10. The Morgan fingerprint density at radius 2 is 2.14 bits per heavy atom. The predicted molar refractivity (Wildman–Crippen MR) is 88.3 cm³/mol. The van der Waals surface area contributed by atoms with Crippen LogP contribution in [0, 0.1) is 0 Å². The van der Waals surface area contributed by atoms with E-state index in [1.807, 2.05) is 0 Å². The first kappa shape index (κ1) is 17.8. The van der Waals surface area contributed by atoms with E-state index in [4.69, 9.17) is 0 Å². The third-order valence-electron chi connectivity index (χ3n) is 4.27. The Morgan fingerprint density at radius 3 is 2.81 bits per heavy atom. The summed E-state index contributed by atoms with van der Waals surface area (Å²) in [5, 5.41) is 6.42. The van der Waals surface area contributed by atoms with Crippen molar-refractivity contribution >= 4 is 5.91 Å². The molecule has 4 heteroatoms. The second-order valence-electron chi connectivity index (χ2n) is 5.79. The molecule has 1 amide bonds. The Hall–Kier alpha value is -1.29. The zero-order valence-corrected chi connectivity index (χ0v) is 13.9. The first-order valence-corrected chi connectivity index (χ1v) is 8.34. The van der Waals surface area contributed by atoms with Gasteiger partial charge < -0.3 is 10.6 Å². The Balaban J connectivity index is 2.37. The highest BCUT2D eigenvalue weighted by atomic mass is 16.1. The SMILES string of the molecule is CC/C=C/CCCCC1NC=C[N+]1(CC)CCNC(C)=O. The largest absolute Gasteiger partial charge is 0.351 e. The maximum atomic E-state index is 11.0. The molecule has 1 rings (SSSR count). The maximum Gasteiger partial charge on any atom is 0.217 e. The lowest BCUT2D eigenvalue weighted by Crippen LogP contribution is -2.55. The highest BCUT2D eigenvalue weighted by Gasteiger charge is 2.35. The van der Waals surface area contributed by atoms with Crippen LogP contribution in [0.2, 0.25) is 0 Å². The number of allylic oxidation sites excluding steroid dienone is 2. The van der Waals surface area contributed by atoms with Crippen molar-refractivity contribution in [3.63, 3.8) is 0 Å². The number of quaternary nitrogens is 1.